The van der Waals surface area contributed by atoms with Gasteiger partial charge in [-0.3, -0.25) is 9.78 Å². The predicted octanol–water partition coefficient (Wildman–Crippen LogP) is 1.10. The van der Waals surface area contributed by atoms with Crippen LogP contribution in [0.3, 0.4) is 0 Å². The first-order chi connectivity index (χ1) is 8.16. The van der Waals surface area contributed by atoms with Gasteiger partial charge in [0.25, 0.3) is 0 Å². The topological polar surface area (TPSA) is 45.2 Å². The van der Waals surface area contributed by atoms with E-state index in [9.17, 15) is 4.79 Å². The molecule has 0 aliphatic carbocycles. The van der Waals surface area contributed by atoms with Gasteiger partial charge in [-0.2, -0.15) is 0 Å². The molecule has 1 aliphatic heterocycles. The molecule has 92 valence electrons. The van der Waals surface area contributed by atoms with Crippen molar-refractivity contribution in [3.05, 3.63) is 29.6 Å². The van der Waals surface area contributed by atoms with Gasteiger partial charge in [-0.05, 0) is 38.9 Å². The zero-order valence-corrected chi connectivity index (χ0v) is 10.4. The van der Waals surface area contributed by atoms with Gasteiger partial charge in [0, 0.05) is 12.2 Å². The molecule has 1 unspecified atom stereocenters. The molecule has 1 amide bonds. The minimum Gasteiger partial charge on any atom is -0.335 e. The molecule has 17 heavy (non-hydrogen) atoms. The van der Waals surface area contributed by atoms with Crippen molar-refractivity contribution >= 4 is 5.91 Å². The van der Waals surface area contributed by atoms with Crippen LogP contribution in [0.2, 0.25) is 0 Å². The van der Waals surface area contributed by atoms with Crippen molar-refractivity contribution in [2.75, 3.05) is 13.1 Å². The van der Waals surface area contributed by atoms with Crippen LogP contribution in [0.1, 0.15) is 24.7 Å². The molecule has 0 spiro atoms. The summed E-state index contributed by atoms with van der Waals surface area (Å²) in [4.78, 5) is 18.4. The molecule has 0 aromatic carbocycles. The summed E-state index contributed by atoms with van der Waals surface area (Å²) in [5.74, 6) is 0.172. The summed E-state index contributed by atoms with van der Waals surface area (Å²) < 4.78 is 0. The van der Waals surface area contributed by atoms with E-state index in [1.807, 2.05) is 36.9 Å². The highest BCUT2D eigenvalue weighted by atomic mass is 16.2. The second-order valence-electron chi connectivity index (χ2n) is 4.56. The molecule has 4 heteroatoms. The van der Waals surface area contributed by atoms with Gasteiger partial charge in [-0.25, -0.2) is 0 Å². The van der Waals surface area contributed by atoms with E-state index in [4.69, 9.17) is 0 Å². The fraction of sp³-hybridized carbons (Fsp3) is 0.538. The van der Waals surface area contributed by atoms with E-state index in [1.165, 1.54) is 0 Å². The number of nitrogens with one attached hydrogen (secondary N) is 1. The molecular weight excluding hydrogens is 214 g/mol. The van der Waals surface area contributed by atoms with Crippen molar-refractivity contribution in [1.82, 2.24) is 15.2 Å². The lowest BCUT2D eigenvalue weighted by atomic mass is 10.2. The van der Waals surface area contributed by atoms with Gasteiger partial charge in [0.05, 0.1) is 18.3 Å². The van der Waals surface area contributed by atoms with E-state index in [0.29, 0.717) is 6.54 Å². The molecule has 0 radical (unpaired) electrons. The van der Waals surface area contributed by atoms with Crippen LogP contribution in [0.4, 0.5) is 0 Å². The number of hydrogen-bond donors (Lipinski definition) is 1. The third kappa shape index (κ3) is 3.03. The first-order valence-electron chi connectivity index (χ1n) is 6.11. The van der Waals surface area contributed by atoms with Crippen molar-refractivity contribution in [2.24, 2.45) is 0 Å². The Hall–Kier alpha value is -1.42. The zero-order valence-electron chi connectivity index (χ0n) is 10.4. The second-order valence-corrected chi connectivity index (χ2v) is 4.56. The number of carbonyl (C=O) groups is 1. The van der Waals surface area contributed by atoms with Gasteiger partial charge < -0.3 is 10.2 Å². The Morgan fingerprint density at radius 1 is 1.53 bits per heavy atom. The quantitative estimate of drug-likeness (QED) is 0.832. The number of pyridine rings is 1. The van der Waals surface area contributed by atoms with Crippen LogP contribution >= 0.6 is 0 Å². The van der Waals surface area contributed by atoms with Gasteiger partial charge in [0.2, 0.25) is 5.91 Å². The molecule has 2 rings (SSSR count). The maximum absolute atomic E-state index is 12.1. The molecule has 0 bridgehead atoms. The summed E-state index contributed by atoms with van der Waals surface area (Å²) >= 11 is 0. The normalized spacial score (nSPS) is 21.4. The predicted molar refractivity (Wildman–Crippen MR) is 66.5 cm³/mol. The highest BCUT2D eigenvalue weighted by molar-refractivity contribution is 5.81. The molecule has 1 aliphatic rings. The summed E-state index contributed by atoms with van der Waals surface area (Å²) in [5.41, 5.74) is 1.96. The van der Waals surface area contributed by atoms with Crippen LogP contribution in [0.5, 0.6) is 0 Å². The number of rotatable bonds is 2. The van der Waals surface area contributed by atoms with E-state index in [2.05, 4.69) is 10.3 Å². The van der Waals surface area contributed by atoms with Gasteiger partial charge in [-0.1, -0.05) is 6.07 Å². The molecule has 4 nitrogen and oxygen atoms in total. The highest BCUT2D eigenvalue weighted by Crippen LogP contribution is 2.08. The largest absolute Gasteiger partial charge is 0.335 e. The van der Waals surface area contributed by atoms with E-state index in [-0.39, 0.29) is 11.9 Å². The average Bonchev–Trinajstić information content (AvgIpc) is 2.45. The zero-order chi connectivity index (χ0) is 12.3. The van der Waals surface area contributed by atoms with E-state index >= 15 is 0 Å². The van der Waals surface area contributed by atoms with Crippen LogP contribution in [0, 0.1) is 6.92 Å². The second kappa shape index (κ2) is 5.27. The Morgan fingerprint density at radius 3 is 3.12 bits per heavy atom. The Morgan fingerprint density at radius 2 is 2.35 bits per heavy atom. The van der Waals surface area contributed by atoms with Gasteiger partial charge in [0.1, 0.15) is 0 Å². The minimum absolute atomic E-state index is 0.0812. The number of nitrogens with zero attached hydrogens (tertiary/aromatic N) is 2. The molecule has 1 saturated heterocycles. The van der Waals surface area contributed by atoms with E-state index in [1.54, 1.807) is 0 Å². The van der Waals surface area contributed by atoms with Crippen molar-refractivity contribution in [2.45, 2.75) is 32.9 Å². The molecule has 0 saturated carbocycles. The van der Waals surface area contributed by atoms with Crippen molar-refractivity contribution in [1.29, 1.82) is 0 Å². The van der Waals surface area contributed by atoms with Crippen molar-refractivity contribution < 1.29 is 4.79 Å². The maximum atomic E-state index is 12.1. The smallest absolute Gasteiger partial charge is 0.239 e. The summed E-state index contributed by atoms with van der Waals surface area (Å²) in [6.07, 6.45) is 1.00. The number of carbonyl (C=O) groups excluding carboxylic acids is 1. The SMILES string of the molecule is Cc1cccc(CN2CCCNC(C)C2=O)n1. The summed E-state index contributed by atoms with van der Waals surface area (Å²) in [6, 6.07) is 5.85. The lowest BCUT2D eigenvalue weighted by Crippen LogP contribution is -2.41. The number of aromatic nitrogens is 1. The monoisotopic (exact) mass is 233 g/mol. The highest BCUT2D eigenvalue weighted by Gasteiger charge is 2.23. The van der Waals surface area contributed by atoms with E-state index < -0.39 is 0 Å². The van der Waals surface area contributed by atoms with Crippen LogP contribution in [-0.2, 0) is 11.3 Å². The lowest BCUT2D eigenvalue weighted by Gasteiger charge is -2.22. The van der Waals surface area contributed by atoms with Crippen LogP contribution in [0.15, 0.2) is 18.2 Å². The van der Waals surface area contributed by atoms with Gasteiger partial charge in [0.15, 0.2) is 0 Å². The Bertz CT molecular complexity index is 405. The van der Waals surface area contributed by atoms with Crippen LogP contribution in [0.25, 0.3) is 0 Å². The Kier molecular flexibility index (Phi) is 3.74. The first kappa shape index (κ1) is 12.0. The summed E-state index contributed by atoms with van der Waals surface area (Å²) in [6.45, 7) is 6.23. The summed E-state index contributed by atoms with van der Waals surface area (Å²) in [7, 11) is 0. The lowest BCUT2D eigenvalue weighted by molar-refractivity contribution is -0.132. The third-order valence-corrected chi connectivity index (χ3v) is 3.04. The van der Waals surface area contributed by atoms with Crippen LogP contribution in [-0.4, -0.2) is 34.9 Å². The number of aryl methyl sites for hydroxylation is 1. The molecule has 1 N–H and O–H groups in total. The minimum atomic E-state index is -0.0812. The standard InChI is InChI=1S/C13H19N3O/c1-10-5-3-6-12(15-10)9-16-8-4-7-14-11(2)13(16)17/h3,5-6,11,14H,4,7-9H2,1-2H3. The first-order valence-corrected chi connectivity index (χ1v) is 6.11. The fourth-order valence-electron chi connectivity index (χ4n) is 2.10. The van der Waals surface area contributed by atoms with Gasteiger partial charge >= 0.3 is 0 Å². The Balaban J connectivity index is 2.08. The molecule has 1 atom stereocenters. The molecule has 1 aromatic heterocycles. The van der Waals surface area contributed by atoms with E-state index in [0.717, 1.165) is 30.9 Å². The Labute approximate surface area is 102 Å². The van der Waals surface area contributed by atoms with Crippen molar-refractivity contribution in [3.63, 3.8) is 0 Å². The maximum Gasteiger partial charge on any atom is 0.239 e. The van der Waals surface area contributed by atoms with Crippen LogP contribution < -0.4 is 5.32 Å². The van der Waals surface area contributed by atoms with Crippen molar-refractivity contribution in [3.8, 4) is 0 Å². The average molecular weight is 233 g/mol. The molecule has 2 heterocycles. The fourth-order valence-corrected chi connectivity index (χ4v) is 2.10. The van der Waals surface area contributed by atoms with Gasteiger partial charge in [-0.15, -0.1) is 0 Å². The number of amides is 1. The molecule has 1 fully saturated rings. The molecular formula is C13H19N3O. The number of hydrogen-bond acceptors (Lipinski definition) is 3. The molecule has 1 aromatic rings. The third-order valence-electron chi connectivity index (χ3n) is 3.04. The summed E-state index contributed by atoms with van der Waals surface area (Å²) in [5, 5.41) is 3.21.